The van der Waals surface area contributed by atoms with Crippen LogP contribution >= 0.6 is 0 Å². The van der Waals surface area contributed by atoms with Crippen molar-refractivity contribution >= 4 is 0 Å². The Labute approximate surface area is 103 Å². The molecule has 0 saturated carbocycles. The van der Waals surface area contributed by atoms with Gasteiger partial charge in [-0.25, -0.2) is 8.78 Å². The lowest BCUT2D eigenvalue weighted by atomic mass is 10.2. The van der Waals surface area contributed by atoms with Crippen LogP contribution in [0.1, 0.15) is 25.7 Å². The number of halogens is 2. The zero-order valence-corrected chi connectivity index (χ0v) is 10.1. The second kappa shape index (κ2) is 4.81. The predicted octanol–water partition coefficient (Wildman–Crippen LogP) is 2.30. The van der Waals surface area contributed by atoms with Crippen LogP contribution in [0.15, 0.2) is 18.2 Å². The monoisotopic (exact) mass is 253 g/mol. The van der Waals surface area contributed by atoms with Crippen molar-refractivity contribution in [2.24, 2.45) is 0 Å². The van der Waals surface area contributed by atoms with Crippen molar-refractivity contribution in [2.45, 2.75) is 26.5 Å². The molecule has 0 aliphatic carbocycles. The van der Waals surface area contributed by atoms with E-state index in [4.69, 9.17) is 5.11 Å². The minimum atomic E-state index is -0.574. The Bertz CT molecular complexity index is 566. The van der Waals surface area contributed by atoms with Crippen LogP contribution in [0.2, 0.25) is 0 Å². The highest BCUT2D eigenvalue weighted by Gasteiger charge is 2.18. The average molecular weight is 253 g/mol. The third kappa shape index (κ3) is 2.11. The number of hydrogen-bond donors (Lipinski definition) is 1. The first-order valence-corrected chi connectivity index (χ1v) is 5.54. The van der Waals surface area contributed by atoms with Crippen LogP contribution in [0.25, 0.3) is 11.4 Å². The van der Waals surface area contributed by atoms with Gasteiger partial charge in [-0.15, -0.1) is 10.2 Å². The van der Waals surface area contributed by atoms with E-state index in [0.29, 0.717) is 5.82 Å². The van der Waals surface area contributed by atoms with Crippen molar-refractivity contribution in [2.75, 3.05) is 0 Å². The highest BCUT2D eigenvalue weighted by Crippen LogP contribution is 2.25. The fourth-order valence-corrected chi connectivity index (χ4v) is 1.83. The molecule has 1 aromatic heterocycles. The summed E-state index contributed by atoms with van der Waals surface area (Å²) in [6, 6.07) is 3.09. The van der Waals surface area contributed by atoms with Gasteiger partial charge < -0.3 is 9.67 Å². The van der Waals surface area contributed by atoms with Crippen LogP contribution in [0.5, 0.6) is 0 Å². The summed E-state index contributed by atoms with van der Waals surface area (Å²) in [4.78, 5) is 0. The molecule has 2 aromatic rings. The van der Waals surface area contributed by atoms with E-state index >= 15 is 0 Å². The lowest BCUT2D eigenvalue weighted by Gasteiger charge is -2.13. The summed E-state index contributed by atoms with van der Waals surface area (Å²) in [5, 5.41) is 16.8. The van der Waals surface area contributed by atoms with Crippen molar-refractivity contribution in [1.29, 1.82) is 0 Å². The summed E-state index contributed by atoms with van der Waals surface area (Å²) >= 11 is 0. The van der Waals surface area contributed by atoms with Crippen molar-refractivity contribution in [3.05, 3.63) is 35.7 Å². The molecule has 0 amide bonds. The summed E-state index contributed by atoms with van der Waals surface area (Å²) in [5.74, 6) is -0.583. The second-order valence-electron chi connectivity index (χ2n) is 4.19. The molecular formula is C12H13F2N3O. The molecule has 1 N–H and O–H groups in total. The quantitative estimate of drug-likeness (QED) is 0.913. The number of rotatable bonds is 3. The summed E-state index contributed by atoms with van der Waals surface area (Å²) in [6.45, 7) is 3.40. The normalized spacial score (nSPS) is 11.2. The first-order valence-electron chi connectivity index (χ1n) is 5.54. The van der Waals surface area contributed by atoms with E-state index in [9.17, 15) is 8.78 Å². The van der Waals surface area contributed by atoms with Gasteiger partial charge in [-0.3, -0.25) is 0 Å². The van der Waals surface area contributed by atoms with E-state index in [-0.39, 0.29) is 24.0 Å². The zero-order valence-electron chi connectivity index (χ0n) is 10.1. The maximum Gasteiger partial charge on any atom is 0.167 e. The summed E-state index contributed by atoms with van der Waals surface area (Å²) in [6.07, 6.45) is 0. The Hall–Kier alpha value is -1.82. The lowest BCUT2D eigenvalue weighted by Crippen LogP contribution is -2.08. The van der Waals surface area contributed by atoms with Crippen molar-refractivity contribution in [3.8, 4) is 11.4 Å². The minimum absolute atomic E-state index is 0.0379. The highest BCUT2D eigenvalue weighted by atomic mass is 19.1. The lowest BCUT2D eigenvalue weighted by molar-refractivity contribution is 0.262. The van der Waals surface area contributed by atoms with Crippen LogP contribution in [0.4, 0.5) is 8.78 Å². The number of aliphatic hydroxyl groups is 1. The number of nitrogens with zero attached hydrogens (tertiary/aromatic N) is 3. The van der Waals surface area contributed by atoms with Gasteiger partial charge in [-0.2, -0.15) is 0 Å². The molecule has 18 heavy (non-hydrogen) atoms. The molecule has 0 spiro atoms. The fourth-order valence-electron chi connectivity index (χ4n) is 1.83. The third-order valence-corrected chi connectivity index (χ3v) is 2.59. The van der Waals surface area contributed by atoms with Gasteiger partial charge in [0.15, 0.2) is 11.6 Å². The molecule has 0 saturated heterocycles. The smallest absolute Gasteiger partial charge is 0.167 e. The number of aliphatic hydroxyl groups excluding tert-OH is 1. The van der Waals surface area contributed by atoms with Gasteiger partial charge in [0.2, 0.25) is 0 Å². The molecule has 0 atom stereocenters. The van der Waals surface area contributed by atoms with Crippen LogP contribution in [-0.4, -0.2) is 19.9 Å². The molecule has 6 heteroatoms. The van der Waals surface area contributed by atoms with E-state index in [1.54, 1.807) is 4.57 Å². The average Bonchev–Trinajstić information content (AvgIpc) is 2.75. The summed E-state index contributed by atoms with van der Waals surface area (Å²) < 4.78 is 28.5. The Morgan fingerprint density at radius 3 is 2.61 bits per heavy atom. The number of hydrogen-bond acceptors (Lipinski definition) is 3. The summed E-state index contributed by atoms with van der Waals surface area (Å²) in [5.41, 5.74) is 0.0379. The first-order chi connectivity index (χ1) is 8.54. The van der Waals surface area contributed by atoms with Gasteiger partial charge in [0.25, 0.3) is 0 Å². The van der Waals surface area contributed by atoms with E-state index in [0.717, 1.165) is 18.2 Å². The van der Waals surface area contributed by atoms with Gasteiger partial charge in [0, 0.05) is 6.04 Å². The molecule has 0 radical (unpaired) electrons. The van der Waals surface area contributed by atoms with E-state index in [1.165, 1.54) is 0 Å². The van der Waals surface area contributed by atoms with Gasteiger partial charge in [0.1, 0.15) is 18.2 Å². The van der Waals surface area contributed by atoms with Gasteiger partial charge in [-0.05, 0) is 32.0 Å². The van der Waals surface area contributed by atoms with Crippen molar-refractivity contribution < 1.29 is 13.9 Å². The Morgan fingerprint density at radius 1 is 1.28 bits per heavy atom. The van der Waals surface area contributed by atoms with Crippen LogP contribution in [0, 0.1) is 11.6 Å². The Morgan fingerprint density at radius 2 is 2.00 bits per heavy atom. The van der Waals surface area contributed by atoms with Crippen molar-refractivity contribution in [3.63, 3.8) is 0 Å². The standard InChI is InChI=1S/C12H13F2N3O/c1-7(2)17-11(6-18)15-16-12(17)9-5-8(13)3-4-10(9)14/h3-5,7,18H,6H2,1-2H3. The molecular weight excluding hydrogens is 240 g/mol. The molecule has 0 fully saturated rings. The number of benzene rings is 1. The molecule has 1 aromatic carbocycles. The van der Waals surface area contributed by atoms with Gasteiger partial charge >= 0.3 is 0 Å². The molecule has 1 heterocycles. The molecule has 0 bridgehead atoms. The largest absolute Gasteiger partial charge is 0.388 e. The number of aromatic nitrogens is 3. The highest BCUT2D eigenvalue weighted by molar-refractivity contribution is 5.56. The van der Waals surface area contributed by atoms with Gasteiger partial charge in [-0.1, -0.05) is 0 Å². The first kappa shape index (κ1) is 12.6. The Balaban J connectivity index is 2.63. The van der Waals surface area contributed by atoms with E-state index < -0.39 is 11.6 Å². The van der Waals surface area contributed by atoms with Crippen LogP contribution in [0.3, 0.4) is 0 Å². The third-order valence-electron chi connectivity index (χ3n) is 2.59. The van der Waals surface area contributed by atoms with Crippen LogP contribution < -0.4 is 0 Å². The van der Waals surface area contributed by atoms with Gasteiger partial charge in [0.05, 0.1) is 5.56 Å². The zero-order chi connectivity index (χ0) is 13.3. The molecule has 2 rings (SSSR count). The summed E-state index contributed by atoms with van der Waals surface area (Å²) in [7, 11) is 0. The van der Waals surface area contributed by atoms with E-state index in [1.807, 2.05) is 13.8 Å². The molecule has 0 aliphatic rings. The minimum Gasteiger partial charge on any atom is -0.388 e. The van der Waals surface area contributed by atoms with Crippen molar-refractivity contribution in [1.82, 2.24) is 14.8 Å². The Kier molecular flexibility index (Phi) is 3.38. The SMILES string of the molecule is CC(C)n1c(CO)nnc1-c1cc(F)ccc1F. The van der Waals surface area contributed by atoms with E-state index in [2.05, 4.69) is 10.2 Å². The maximum absolute atomic E-state index is 13.7. The van der Waals surface area contributed by atoms with Crippen LogP contribution in [-0.2, 0) is 6.61 Å². The topological polar surface area (TPSA) is 50.9 Å². The molecule has 4 nitrogen and oxygen atoms in total. The molecule has 0 unspecified atom stereocenters. The maximum atomic E-state index is 13.7. The fraction of sp³-hybridized carbons (Fsp3) is 0.333. The molecule has 96 valence electrons. The molecule has 0 aliphatic heterocycles. The predicted molar refractivity (Wildman–Crippen MR) is 61.7 cm³/mol. The second-order valence-corrected chi connectivity index (χ2v) is 4.19.